The molecule has 7 nitrogen and oxygen atoms in total. The van der Waals surface area contributed by atoms with Crippen LogP contribution in [0.2, 0.25) is 0 Å². The van der Waals surface area contributed by atoms with Gasteiger partial charge >= 0.3 is 5.97 Å². The van der Waals surface area contributed by atoms with E-state index in [2.05, 4.69) is 15.6 Å². The first-order valence-corrected chi connectivity index (χ1v) is 5.53. The summed E-state index contributed by atoms with van der Waals surface area (Å²) in [5, 5.41) is 28.4. The fourth-order valence-electron chi connectivity index (χ4n) is 1.18. The van der Waals surface area contributed by atoms with Crippen LogP contribution in [0, 0.1) is 5.92 Å². The Kier molecular flexibility index (Phi) is 5.05. The molecule has 0 aliphatic rings. The van der Waals surface area contributed by atoms with Gasteiger partial charge in [0.1, 0.15) is 0 Å². The van der Waals surface area contributed by atoms with Crippen molar-refractivity contribution in [2.75, 3.05) is 13.1 Å². The van der Waals surface area contributed by atoms with E-state index in [1.54, 1.807) is 0 Å². The van der Waals surface area contributed by atoms with Crippen LogP contribution in [-0.2, 0) is 6.54 Å². The minimum absolute atomic E-state index is 0.0628. The van der Waals surface area contributed by atoms with Gasteiger partial charge in [-0.2, -0.15) is 0 Å². The zero-order chi connectivity index (χ0) is 12.8. The molecular formula is C10H18N4O3. The highest BCUT2D eigenvalue weighted by Gasteiger charge is 2.09. The average molecular weight is 242 g/mol. The van der Waals surface area contributed by atoms with Gasteiger partial charge in [0.2, 0.25) is 0 Å². The minimum atomic E-state index is -1.08. The largest absolute Gasteiger partial charge is 0.476 e. The molecule has 0 amide bonds. The first-order valence-electron chi connectivity index (χ1n) is 5.53. The maximum atomic E-state index is 10.5. The molecule has 1 atom stereocenters. The van der Waals surface area contributed by atoms with Gasteiger partial charge in [0.05, 0.1) is 18.8 Å². The van der Waals surface area contributed by atoms with Crippen LogP contribution in [0.1, 0.15) is 24.3 Å². The van der Waals surface area contributed by atoms with E-state index >= 15 is 0 Å². The molecule has 0 aliphatic carbocycles. The van der Waals surface area contributed by atoms with Crippen molar-refractivity contribution in [2.24, 2.45) is 5.92 Å². The summed E-state index contributed by atoms with van der Waals surface area (Å²) in [6.45, 7) is 5.53. The molecule has 0 radical (unpaired) electrons. The molecule has 1 aromatic rings. The van der Waals surface area contributed by atoms with E-state index in [0.717, 1.165) is 0 Å². The third kappa shape index (κ3) is 4.49. The van der Waals surface area contributed by atoms with Gasteiger partial charge in [-0.3, -0.25) is 4.68 Å². The van der Waals surface area contributed by atoms with E-state index in [4.69, 9.17) is 5.11 Å². The summed E-state index contributed by atoms with van der Waals surface area (Å²) in [6.07, 6.45) is 1.00. The minimum Gasteiger partial charge on any atom is -0.476 e. The summed E-state index contributed by atoms with van der Waals surface area (Å²) in [4.78, 5) is 10.5. The van der Waals surface area contributed by atoms with Gasteiger partial charge in [-0.05, 0) is 5.92 Å². The standard InChI is InChI=1S/C10H18N4O3/c1-7(2)9(15)5-11-3-4-14-6-8(10(16)17)12-13-14/h6-7,9,11,15H,3-5H2,1-2H3,(H,16,17). The Morgan fingerprint density at radius 2 is 2.29 bits per heavy atom. The highest BCUT2D eigenvalue weighted by atomic mass is 16.4. The molecule has 7 heteroatoms. The molecule has 1 unspecified atom stereocenters. The van der Waals surface area contributed by atoms with Crippen molar-refractivity contribution < 1.29 is 15.0 Å². The van der Waals surface area contributed by atoms with Crippen LogP contribution >= 0.6 is 0 Å². The number of carboxylic acids is 1. The van der Waals surface area contributed by atoms with Crippen LogP contribution in [-0.4, -0.2) is 50.4 Å². The van der Waals surface area contributed by atoms with Crippen molar-refractivity contribution in [3.05, 3.63) is 11.9 Å². The molecule has 0 saturated carbocycles. The van der Waals surface area contributed by atoms with Gasteiger partial charge in [0.15, 0.2) is 5.69 Å². The number of hydrogen-bond acceptors (Lipinski definition) is 5. The quantitative estimate of drug-likeness (QED) is 0.562. The molecule has 0 bridgehead atoms. The van der Waals surface area contributed by atoms with Gasteiger partial charge in [-0.25, -0.2) is 4.79 Å². The lowest BCUT2D eigenvalue weighted by molar-refractivity contribution is 0.0690. The van der Waals surface area contributed by atoms with E-state index < -0.39 is 5.97 Å². The molecule has 0 fully saturated rings. The van der Waals surface area contributed by atoms with E-state index in [1.807, 2.05) is 13.8 Å². The summed E-state index contributed by atoms with van der Waals surface area (Å²) in [6, 6.07) is 0. The number of carboxylic acid groups (broad SMARTS) is 1. The van der Waals surface area contributed by atoms with Crippen LogP contribution in [0.25, 0.3) is 0 Å². The molecule has 1 rings (SSSR count). The second-order valence-corrected chi connectivity index (χ2v) is 4.19. The highest BCUT2D eigenvalue weighted by Crippen LogP contribution is 1.98. The Bertz CT molecular complexity index is 364. The number of nitrogens with zero attached hydrogens (tertiary/aromatic N) is 3. The van der Waals surface area contributed by atoms with Gasteiger partial charge in [-0.15, -0.1) is 5.10 Å². The number of aromatic nitrogens is 3. The highest BCUT2D eigenvalue weighted by molar-refractivity contribution is 5.84. The van der Waals surface area contributed by atoms with E-state index in [-0.39, 0.29) is 17.7 Å². The number of nitrogens with one attached hydrogen (secondary N) is 1. The average Bonchev–Trinajstić information content (AvgIpc) is 2.72. The maximum Gasteiger partial charge on any atom is 0.358 e. The second-order valence-electron chi connectivity index (χ2n) is 4.19. The topological polar surface area (TPSA) is 100 Å². The summed E-state index contributed by atoms with van der Waals surface area (Å²) in [7, 11) is 0. The molecule has 96 valence electrons. The molecule has 3 N–H and O–H groups in total. The molecule has 0 saturated heterocycles. The third-order valence-corrected chi connectivity index (χ3v) is 2.40. The van der Waals surface area contributed by atoms with Crippen LogP contribution < -0.4 is 5.32 Å². The molecule has 0 aliphatic heterocycles. The van der Waals surface area contributed by atoms with E-state index in [0.29, 0.717) is 19.6 Å². The van der Waals surface area contributed by atoms with Crippen LogP contribution in [0.4, 0.5) is 0 Å². The van der Waals surface area contributed by atoms with Gasteiger partial charge in [0, 0.05) is 13.1 Å². The fourth-order valence-corrected chi connectivity index (χ4v) is 1.18. The number of aromatic carboxylic acids is 1. The Labute approximate surface area is 99.4 Å². The first kappa shape index (κ1) is 13.6. The monoisotopic (exact) mass is 242 g/mol. The maximum absolute atomic E-state index is 10.5. The summed E-state index contributed by atoms with van der Waals surface area (Å²) in [5.74, 6) is -0.869. The lowest BCUT2D eigenvalue weighted by atomic mass is 10.1. The Morgan fingerprint density at radius 1 is 1.59 bits per heavy atom. The number of carbonyl (C=O) groups is 1. The number of rotatable bonds is 7. The zero-order valence-electron chi connectivity index (χ0n) is 10.00. The van der Waals surface area contributed by atoms with Crippen molar-refractivity contribution in [3.8, 4) is 0 Å². The summed E-state index contributed by atoms with van der Waals surface area (Å²) in [5.41, 5.74) is -0.0628. The van der Waals surface area contributed by atoms with E-state index in [9.17, 15) is 9.90 Å². The van der Waals surface area contributed by atoms with Crippen LogP contribution in [0.15, 0.2) is 6.20 Å². The second kappa shape index (κ2) is 6.31. The Balaban J connectivity index is 2.24. The summed E-state index contributed by atoms with van der Waals surface area (Å²) < 4.78 is 1.46. The van der Waals surface area contributed by atoms with Crippen molar-refractivity contribution in [2.45, 2.75) is 26.5 Å². The van der Waals surface area contributed by atoms with Gasteiger partial charge in [-0.1, -0.05) is 19.1 Å². The molecular weight excluding hydrogens is 224 g/mol. The lowest BCUT2D eigenvalue weighted by Gasteiger charge is -2.14. The van der Waals surface area contributed by atoms with Crippen molar-refractivity contribution >= 4 is 5.97 Å². The van der Waals surface area contributed by atoms with Gasteiger partial charge < -0.3 is 15.5 Å². The molecule has 1 heterocycles. The third-order valence-electron chi connectivity index (χ3n) is 2.40. The number of hydrogen-bond donors (Lipinski definition) is 3. The predicted molar refractivity (Wildman–Crippen MR) is 60.7 cm³/mol. The smallest absolute Gasteiger partial charge is 0.358 e. The normalized spacial score (nSPS) is 12.9. The Hall–Kier alpha value is -1.47. The molecule has 0 aromatic carbocycles. The van der Waals surface area contributed by atoms with Crippen molar-refractivity contribution in [1.82, 2.24) is 20.3 Å². The first-order chi connectivity index (χ1) is 8.00. The lowest BCUT2D eigenvalue weighted by Crippen LogP contribution is -2.32. The zero-order valence-corrected chi connectivity index (χ0v) is 10.00. The predicted octanol–water partition coefficient (Wildman–Crippen LogP) is -0.417. The Morgan fingerprint density at radius 3 is 2.82 bits per heavy atom. The number of aliphatic hydroxyl groups is 1. The van der Waals surface area contributed by atoms with E-state index in [1.165, 1.54) is 10.9 Å². The molecule has 0 spiro atoms. The molecule has 1 aromatic heterocycles. The fraction of sp³-hybridized carbons (Fsp3) is 0.700. The number of aliphatic hydroxyl groups excluding tert-OH is 1. The van der Waals surface area contributed by atoms with Crippen LogP contribution in [0.5, 0.6) is 0 Å². The van der Waals surface area contributed by atoms with Gasteiger partial charge in [0.25, 0.3) is 0 Å². The summed E-state index contributed by atoms with van der Waals surface area (Å²) >= 11 is 0. The van der Waals surface area contributed by atoms with Crippen LogP contribution in [0.3, 0.4) is 0 Å². The SMILES string of the molecule is CC(C)C(O)CNCCn1cc(C(=O)O)nn1. The van der Waals surface area contributed by atoms with Crippen molar-refractivity contribution in [1.29, 1.82) is 0 Å². The van der Waals surface area contributed by atoms with Crippen molar-refractivity contribution in [3.63, 3.8) is 0 Å². The molecule has 17 heavy (non-hydrogen) atoms.